The van der Waals surface area contributed by atoms with Gasteiger partial charge in [0.15, 0.2) is 6.61 Å². The molecule has 1 amide bonds. The zero-order valence-corrected chi connectivity index (χ0v) is 14.4. The Hall–Kier alpha value is -3.60. The third-order valence-electron chi connectivity index (χ3n) is 4.30. The van der Waals surface area contributed by atoms with Gasteiger partial charge in [0, 0.05) is 6.07 Å². The first-order chi connectivity index (χ1) is 13.2. The van der Waals surface area contributed by atoms with Crippen molar-refractivity contribution in [3.63, 3.8) is 0 Å². The molecule has 3 aromatic rings. The highest BCUT2D eigenvalue weighted by molar-refractivity contribution is 5.95. The maximum atomic E-state index is 13.0. The number of ether oxygens (including phenoxy) is 2. The molecular formula is C22H17NO4. The minimum absolute atomic E-state index is 0.0176. The summed E-state index contributed by atoms with van der Waals surface area (Å²) in [5.41, 5.74) is 2.19. The molecule has 0 radical (unpaired) electrons. The first kappa shape index (κ1) is 16.8. The van der Waals surface area contributed by atoms with Crippen molar-refractivity contribution in [3.05, 3.63) is 90.0 Å². The van der Waals surface area contributed by atoms with Crippen molar-refractivity contribution in [2.75, 3.05) is 11.9 Å². The predicted octanol–water partition coefficient (Wildman–Crippen LogP) is 3.76. The Bertz CT molecular complexity index is 931. The molecule has 27 heavy (non-hydrogen) atoms. The smallest absolute Gasteiger partial charge is 0.323 e. The third-order valence-corrected chi connectivity index (χ3v) is 4.30. The molecule has 134 valence electrons. The lowest BCUT2D eigenvalue weighted by atomic mass is 9.91. The van der Waals surface area contributed by atoms with Crippen LogP contribution in [0.25, 0.3) is 0 Å². The molecule has 0 saturated carbocycles. The molecule has 5 nitrogen and oxygen atoms in total. The average Bonchev–Trinajstić information content (AvgIpc) is 2.69. The number of rotatable bonds is 4. The molecule has 1 N–H and O–H groups in total. The predicted molar refractivity (Wildman–Crippen MR) is 101 cm³/mol. The second kappa shape index (κ2) is 7.33. The fourth-order valence-electron chi connectivity index (χ4n) is 3.06. The molecule has 3 aromatic carbocycles. The highest BCUT2D eigenvalue weighted by atomic mass is 16.5. The molecule has 0 aromatic heterocycles. The van der Waals surface area contributed by atoms with Gasteiger partial charge in [-0.2, -0.15) is 0 Å². The van der Waals surface area contributed by atoms with Gasteiger partial charge in [-0.25, -0.2) is 0 Å². The van der Waals surface area contributed by atoms with Gasteiger partial charge in [0.05, 0.1) is 5.69 Å². The van der Waals surface area contributed by atoms with Crippen LogP contribution in [-0.4, -0.2) is 18.5 Å². The lowest BCUT2D eigenvalue weighted by molar-refractivity contribution is -0.135. The first-order valence-corrected chi connectivity index (χ1v) is 8.59. The summed E-state index contributed by atoms with van der Waals surface area (Å²) < 4.78 is 11.0. The van der Waals surface area contributed by atoms with Crippen LogP contribution < -0.4 is 14.8 Å². The summed E-state index contributed by atoms with van der Waals surface area (Å²) in [6, 6.07) is 23.9. The number of benzene rings is 3. The summed E-state index contributed by atoms with van der Waals surface area (Å²) in [5.74, 6) is -0.277. The summed E-state index contributed by atoms with van der Waals surface area (Å²) in [6.07, 6.45) is 0. The van der Waals surface area contributed by atoms with Gasteiger partial charge < -0.3 is 14.8 Å². The Kier molecular flexibility index (Phi) is 4.58. The van der Waals surface area contributed by atoms with E-state index >= 15 is 0 Å². The van der Waals surface area contributed by atoms with Gasteiger partial charge in [-0.3, -0.25) is 9.59 Å². The van der Waals surface area contributed by atoms with Crippen molar-refractivity contribution >= 4 is 17.6 Å². The van der Waals surface area contributed by atoms with Gasteiger partial charge in [0.25, 0.3) is 5.91 Å². The van der Waals surface area contributed by atoms with E-state index in [1.165, 1.54) is 0 Å². The SMILES string of the molecule is O=C1COc2ccc(OC(=O)C(c3ccccc3)c3ccccc3)cc2N1. The van der Waals surface area contributed by atoms with E-state index in [-0.39, 0.29) is 12.5 Å². The number of fused-ring (bicyclic) bond motifs is 1. The molecule has 0 bridgehead atoms. The topological polar surface area (TPSA) is 64.6 Å². The van der Waals surface area contributed by atoms with Crippen LogP contribution in [0, 0.1) is 0 Å². The number of hydrogen-bond acceptors (Lipinski definition) is 4. The van der Waals surface area contributed by atoms with E-state index in [1.807, 2.05) is 60.7 Å². The van der Waals surface area contributed by atoms with Crippen molar-refractivity contribution in [1.82, 2.24) is 0 Å². The van der Waals surface area contributed by atoms with E-state index in [2.05, 4.69) is 5.32 Å². The van der Waals surface area contributed by atoms with Gasteiger partial charge in [-0.05, 0) is 23.3 Å². The largest absolute Gasteiger partial charge is 0.482 e. The van der Waals surface area contributed by atoms with Crippen LogP contribution in [0.1, 0.15) is 17.0 Å². The Labute approximate surface area is 156 Å². The Morgan fingerprint density at radius 1 is 0.926 bits per heavy atom. The van der Waals surface area contributed by atoms with Crippen LogP contribution in [0.5, 0.6) is 11.5 Å². The van der Waals surface area contributed by atoms with Gasteiger partial charge in [-0.15, -0.1) is 0 Å². The lowest BCUT2D eigenvalue weighted by Gasteiger charge is -2.20. The molecule has 0 fully saturated rings. The van der Waals surface area contributed by atoms with Crippen molar-refractivity contribution in [3.8, 4) is 11.5 Å². The number of carbonyl (C=O) groups is 2. The number of amides is 1. The van der Waals surface area contributed by atoms with E-state index in [0.29, 0.717) is 17.2 Å². The van der Waals surface area contributed by atoms with Gasteiger partial charge >= 0.3 is 5.97 Å². The van der Waals surface area contributed by atoms with E-state index in [9.17, 15) is 9.59 Å². The number of carbonyl (C=O) groups excluding carboxylic acids is 2. The summed E-state index contributed by atoms with van der Waals surface area (Å²) in [7, 11) is 0. The highest BCUT2D eigenvalue weighted by Crippen LogP contribution is 2.33. The second-order valence-corrected chi connectivity index (χ2v) is 6.17. The molecule has 0 aliphatic carbocycles. The zero-order chi connectivity index (χ0) is 18.6. The molecular weight excluding hydrogens is 342 g/mol. The van der Waals surface area contributed by atoms with E-state index < -0.39 is 11.9 Å². The van der Waals surface area contributed by atoms with Crippen LogP contribution in [0.2, 0.25) is 0 Å². The number of nitrogens with one attached hydrogen (secondary N) is 1. The van der Waals surface area contributed by atoms with Crippen molar-refractivity contribution in [1.29, 1.82) is 0 Å². The number of esters is 1. The molecule has 5 heteroatoms. The molecule has 1 heterocycles. The number of anilines is 1. The quantitative estimate of drug-likeness (QED) is 0.569. The monoisotopic (exact) mass is 359 g/mol. The summed E-state index contributed by atoms with van der Waals surface area (Å²) in [4.78, 5) is 24.5. The van der Waals surface area contributed by atoms with Crippen LogP contribution in [0.15, 0.2) is 78.9 Å². The van der Waals surface area contributed by atoms with Crippen molar-refractivity contribution in [2.45, 2.75) is 5.92 Å². The molecule has 4 rings (SSSR count). The molecule has 0 atom stereocenters. The second-order valence-electron chi connectivity index (χ2n) is 6.17. The molecule has 1 aliphatic heterocycles. The fraction of sp³-hybridized carbons (Fsp3) is 0.0909. The van der Waals surface area contributed by atoms with E-state index in [1.54, 1.807) is 18.2 Å². The Morgan fingerprint density at radius 3 is 2.19 bits per heavy atom. The summed E-state index contributed by atoms with van der Waals surface area (Å²) in [5, 5.41) is 2.71. The molecule has 0 unspecified atom stereocenters. The molecule has 0 saturated heterocycles. The molecule has 0 spiro atoms. The fourth-order valence-corrected chi connectivity index (χ4v) is 3.06. The Balaban J connectivity index is 1.63. The normalized spacial score (nSPS) is 12.7. The van der Waals surface area contributed by atoms with Crippen LogP contribution in [-0.2, 0) is 9.59 Å². The molecule has 1 aliphatic rings. The summed E-state index contributed by atoms with van der Waals surface area (Å²) in [6.45, 7) is -0.0176. The lowest BCUT2D eigenvalue weighted by Crippen LogP contribution is -2.25. The maximum Gasteiger partial charge on any atom is 0.323 e. The third kappa shape index (κ3) is 3.67. The van der Waals surface area contributed by atoms with Crippen LogP contribution >= 0.6 is 0 Å². The van der Waals surface area contributed by atoms with Crippen LogP contribution in [0.3, 0.4) is 0 Å². The summed E-state index contributed by atoms with van der Waals surface area (Å²) >= 11 is 0. The Morgan fingerprint density at radius 2 is 1.56 bits per heavy atom. The minimum atomic E-state index is -0.547. The van der Waals surface area contributed by atoms with Crippen molar-refractivity contribution < 1.29 is 19.1 Å². The highest BCUT2D eigenvalue weighted by Gasteiger charge is 2.25. The minimum Gasteiger partial charge on any atom is -0.482 e. The standard InChI is InChI=1S/C22H17NO4/c24-20-14-26-19-12-11-17(13-18(19)23-20)27-22(25)21(15-7-3-1-4-8-15)16-9-5-2-6-10-16/h1-13,21H,14H2,(H,23,24). The number of hydrogen-bond donors (Lipinski definition) is 1. The van der Waals surface area contributed by atoms with E-state index in [0.717, 1.165) is 11.1 Å². The first-order valence-electron chi connectivity index (χ1n) is 8.59. The zero-order valence-electron chi connectivity index (χ0n) is 14.4. The van der Waals surface area contributed by atoms with Gasteiger partial charge in [-0.1, -0.05) is 60.7 Å². The van der Waals surface area contributed by atoms with Gasteiger partial charge in [0.2, 0.25) is 0 Å². The average molecular weight is 359 g/mol. The van der Waals surface area contributed by atoms with Crippen LogP contribution in [0.4, 0.5) is 5.69 Å². The van der Waals surface area contributed by atoms with Gasteiger partial charge in [0.1, 0.15) is 17.4 Å². The maximum absolute atomic E-state index is 13.0. The van der Waals surface area contributed by atoms with Crippen molar-refractivity contribution in [2.24, 2.45) is 0 Å². The van der Waals surface area contributed by atoms with E-state index in [4.69, 9.17) is 9.47 Å².